The van der Waals surface area contributed by atoms with Gasteiger partial charge in [-0.3, -0.25) is 0 Å². The van der Waals surface area contributed by atoms with Gasteiger partial charge in [0, 0.05) is 17.1 Å². The van der Waals surface area contributed by atoms with Crippen LogP contribution in [0.15, 0.2) is 224 Å². The van der Waals surface area contributed by atoms with Gasteiger partial charge in [0.05, 0.1) is 17.8 Å². The summed E-state index contributed by atoms with van der Waals surface area (Å²) in [6.45, 7) is 0. The van der Waals surface area contributed by atoms with Gasteiger partial charge in [-0.2, -0.15) is 0 Å². The van der Waals surface area contributed by atoms with E-state index in [9.17, 15) is 11.0 Å². The first kappa shape index (κ1) is 20.8. The number of benzene rings is 9. The standard InChI is InChI=1S/C52H37N/c1-3-10-38(11-4-1)41-18-20-42(21-19-41)44-26-32-51(33-27-44)53(50-30-24-43(25-31-50)39-12-5-2-6-13-39)52-34-28-45(29-35-52)47-16-9-17-48(36-47)49-23-22-40-14-7-8-15-46(40)37-49/h1-37H/i2D,5D,6D,12D,13D,24D,25D,28D,29D,30D,31D,34D,35D. The number of fused-ring (bicyclic) bond motifs is 1. The highest BCUT2D eigenvalue weighted by Gasteiger charge is 2.14. The molecule has 1 heteroatoms. The average molecular weight is 689 g/mol. The lowest BCUT2D eigenvalue weighted by Gasteiger charge is -2.26. The topological polar surface area (TPSA) is 3.24 Å². The fraction of sp³-hybridized carbons (Fsp3) is 0. The van der Waals surface area contributed by atoms with E-state index in [4.69, 9.17) is 6.85 Å². The Labute approximate surface area is 330 Å². The molecule has 250 valence electrons. The molecule has 0 heterocycles. The molecule has 53 heavy (non-hydrogen) atoms. The number of anilines is 3. The molecule has 0 aliphatic heterocycles. The molecule has 9 aromatic carbocycles. The van der Waals surface area contributed by atoms with Crippen molar-refractivity contribution >= 4 is 27.8 Å². The minimum Gasteiger partial charge on any atom is -0.311 e. The molecule has 0 bridgehead atoms. The van der Waals surface area contributed by atoms with Gasteiger partial charge in [-0.15, -0.1) is 0 Å². The second-order valence-electron chi connectivity index (χ2n) is 12.4. The Kier molecular flexibility index (Phi) is 5.62. The van der Waals surface area contributed by atoms with Crippen LogP contribution in [0.2, 0.25) is 0 Å². The molecule has 9 rings (SSSR count). The summed E-state index contributed by atoms with van der Waals surface area (Å²) in [6, 6.07) is 37.5. The summed E-state index contributed by atoms with van der Waals surface area (Å²) in [5, 5.41) is 2.09. The Hall–Kier alpha value is -6.96. The molecule has 0 fully saturated rings. The van der Waals surface area contributed by atoms with Crippen molar-refractivity contribution < 1.29 is 17.8 Å². The first-order valence-electron chi connectivity index (χ1n) is 23.6. The SMILES string of the molecule is [2H]c1c([2H])c([2H])c(-c2c([2H])c([2H])c(N(c3ccc(-c4ccc(-c5ccccc5)cc4)cc3)c3c([2H])c([2H])c(-c4cccc(-c5ccc6ccccc6c5)c4)c([2H])c3[2H])c([2H])c2[2H])c([2H])c1[2H]. The van der Waals surface area contributed by atoms with Crippen LogP contribution in [-0.2, 0) is 0 Å². The van der Waals surface area contributed by atoms with Gasteiger partial charge >= 0.3 is 0 Å². The van der Waals surface area contributed by atoms with Gasteiger partial charge in [0.1, 0.15) is 0 Å². The van der Waals surface area contributed by atoms with Crippen molar-refractivity contribution in [3.8, 4) is 55.6 Å². The van der Waals surface area contributed by atoms with Crippen LogP contribution < -0.4 is 4.90 Å². The van der Waals surface area contributed by atoms with Crippen LogP contribution in [0, 0.1) is 0 Å². The van der Waals surface area contributed by atoms with Crippen molar-refractivity contribution in [2.75, 3.05) is 4.90 Å². The number of hydrogen-bond acceptors (Lipinski definition) is 1. The third-order valence-corrected chi connectivity index (χ3v) is 9.11. The lowest BCUT2D eigenvalue weighted by atomic mass is 9.97. The van der Waals surface area contributed by atoms with Crippen LogP contribution in [0.3, 0.4) is 0 Å². The molecule has 0 saturated heterocycles. The van der Waals surface area contributed by atoms with Crippen LogP contribution in [0.25, 0.3) is 66.4 Å². The summed E-state index contributed by atoms with van der Waals surface area (Å²) >= 11 is 0. The first-order valence-corrected chi connectivity index (χ1v) is 17.1. The van der Waals surface area contributed by atoms with Gasteiger partial charge in [-0.1, -0.05) is 176 Å². The smallest absolute Gasteiger partial charge is 0.0645 e. The van der Waals surface area contributed by atoms with E-state index in [1.807, 2.05) is 103 Å². The van der Waals surface area contributed by atoms with Crippen molar-refractivity contribution in [2.24, 2.45) is 0 Å². The van der Waals surface area contributed by atoms with E-state index >= 15 is 0 Å². The second kappa shape index (κ2) is 14.3. The third kappa shape index (κ3) is 6.77. The van der Waals surface area contributed by atoms with Gasteiger partial charge in [-0.25, -0.2) is 0 Å². The number of nitrogens with zero attached hydrogens (tertiary/aromatic N) is 1. The zero-order valence-electron chi connectivity index (χ0n) is 41.3. The molecule has 1 nitrogen and oxygen atoms in total. The zero-order chi connectivity index (χ0) is 46.7. The van der Waals surface area contributed by atoms with Crippen LogP contribution in [0.1, 0.15) is 17.8 Å². The fourth-order valence-corrected chi connectivity index (χ4v) is 6.36. The molecule has 0 spiro atoms. The van der Waals surface area contributed by atoms with E-state index in [0.29, 0.717) is 5.56 Å². The van der Waals surface area contributed by atoms with Crippen LogP contribution in [-0.4, -0.2) is 0 Å². The quantitative estimate of drug-likeness (QED) is 0.154. The number of rotatable bonds is 8. The molecule has 0 amide bonds. The van der Waals surface area contributed by atoms with Crippen molar-refractivity contribution in [3.05, 3.63) is 224 Å². The maximum Gasteiger partial charge on any atom is 0.0645 e. The van der Waals surface area contributed by atoms with E-state index in [1.54, 1.807) is 42.5 Å². The van der Waals surface area contributed by atoms with Crippen LogP contribution >= 0.6 is 0 Å². The van der Waals surface area contributed by atoms with Gasteiger partial charge < -0.3 is 4.90 Å². The van der Waals surface area contributed by atoms with Gasteiger partial charge in [0.25, 0.3) is 0 Å². The Morgan fingerprint density at radius 3 is 1.32 bits per heavy atom. The minimum atomic E-state index is -0.734. The molecule has 0 radical (unpaired) electrons. The van der Waals surface area contributed by atoms with E-state index < -0.39 is 95.4 Å². The Morgan fingerprint density at radius 2 is 0.698 bits per heavy atom. The van der Waals surface area contributed by atoms with Crippen molar-refractivity contribution in [3.63, 3.8) is 0 Å². The van der Waals surface area contributed by atoms with E-state index in [-0.39, 0.29) is 16.9 Å². The molecule has 0 N–H and O–H groups in total. The van der Waals surface area contributed by atoms with Crippen molar-refractivity contribution in [2.45, 2.75) is 0 Å². The molecule has 0 aliphatic carbocycles. The van der Waals surface area contributed by atoms with Crippen molar-refractivity contribution in [1.29, 1.82) is 0 Å². The van der Waals surface area contributed by atoms with Crippen LogP contribution in [0.5, 0.6) is 0 Å². The Morgan fingerprint density at radius 1 is 0.264 bits per heavy atom. The second-order valence-corrected chi connectivity index (χ2v) is 12.4. The van der Waals surface area contributed by atoms with E-state index in [0.717, 1.165) is 44.2 Å². The molecule has 0 unspecified atom stereocenters. The highest BCUT2D eigenvalue weighted by Crippen LogP contribution is 2.38. The maximum absolute atomic E-state index is 9.52. The summed E-state index contributed by atoms with van der Waals surface area (Å²) in [4.78, 5) is 1.17. The molecule has 0 aromatic heterocycles. The molecular formula is C52H37N. The summed E-state index contributed by atoms with van der Waals surface area (Å²) in [5.74, 6) is 0. The molecule has 0 saturated carbocycles. The predicted octanol–water partition coefficient (Wildman–Crippen LogP) is 14.6. The van der Waals surface area contributed by atoms with Gasteiger partial charge in [0.15, 0.2) is 0 Å². The molecule has 0 aliphatic rings. The Balaban J connectivity index is 1.22. The zero-order valence-corrected chi connectivity index (χ0v) is 28.3. The Bertz CT molecular complexity index is 3300. The molecule has 0 atom stereocenters. The minimum absolute atomic E-state index is 0.0155. The van der Waals surface area contributed by atoms with Gasteiger partial charge in [-0.05, 0) is 115 Å². The maximum atomic E-state index is 9.52. The summed E-state index contributed by atoms with van der Waals surface area (Å²) < 4.78 is 117. The first-order chi connectivity index (χ1) is 31.7. The average Bonchev–Trinajstić information content (AvgIpc) is 3.35. The van der Waals surface area contributed by atoms with Crippen LogP contribution in [0.4, 0.5) is 17.1 Å². The fourth-order valence-electron chi connectivity index (χ4n) is 6.36. The molecule has 9 aromatic rings. The third-order valence-electron chi connectivity index (χ3n) is 9.11. The highest BCUT2D eigenvalue weighted by molar-refractivity contribution is 5.88. The summed E-state index contributed by atoms with van der Waals surface area (Å²) in [6.07, 6.45) is 0. The normalized spacial score (nSPS) is 14.5. The highest BCUT2D eigenvalue weighted by atomic mass is 15.1. The number of hydrogen-bond donors (Lipinski definition) is 0. The van der Waals surface area contributed by atoms with Crippen molar-refractivity contribution in [1.82, 2.24) is 0 Å². The van der Waals surface area contributed by atoms with E-state index in [1.165, 1.54) is 4.90 Å². The summed E-state index contributed by atoms with van der Waals surface area (Å²) in [5.41, 5.74) is 4.17. The lowest BCUT2D eigenvalue weighted by molar-refractivity contribution is 1.28. The van der Waals surface area contributed by atoms with E-state index in [2.05, 4.69) is 0 Å². The lowest BCUT2D eigenvalue weighted by Crippen LogP contribution is -2.09. The van der Waals surface area contributed by atoms with Gasteiger partial charge in [0.2, 0.25) is 0 Å². The monoisotopic (exact) mass is 688 g/mol. The predicted molar refractivity (Wildman–Crippen MR) is 226 cm³/mol. The summed E-state index contributed by atoms with van der Waals surface area (Å²) in [7, 11) is 0. The molecular weight excluding hydrogens is 639 g/mol. The largest absolute Gasteiger partial charge is 0.311 e.